The average molecular weight is 223 g/mol. The summed E-state index contributed by atoms with van der Waals surface area (Å²) in [6.07, 6.45) is 10.6. The van der Waals surface area contributed by atoms with Gasteiger partial charge in [-0.2, -0.15) is 0 Å². The van der Waals surface area contributed by atoms with E-state index in [2.05, 4.69) is 15.0 Å². The molecule has 0 aromatic carbocycles. The van der Waals surface area contributed by atoms with E-state index in [-0.39, 0.29) is 0 Å². The molecule has 0 bridgehead atoms. The molecule has 0 saturated carbocycles. The summed E-state index contributed by atoms with van der Waals surface area (Å²) < 4.78 is 0. The molecule has 0 radical (unpaired) electrons. The maximum absolute atomic E-state index is 4.65. The molecular weight excluding hydrogens is 210 g/mol. The van der Waals surface area contributed by atoms with Crippen LogP contribution < -0.4 is 10.6 Å². The summed E-state index contributed by atoms with van der Waals surface area (Å²) >= 11 is 0. The van der Waals surface area contributed by atoms with Crippen molar-refractivity contribution in [2.24, 2.45) is 9.98 Å². The van der Waals surface area contributed by atoms with E-state index in [4.69, 9.17) is 0 Å². The number of aromatic nitrogens is 1. The fourth-order valence-corrected chi connectivity index (χ4v) is 2.97. The lowest BCUT2D eigenvalue weighted by Gasteiger charge is -2.15. The Bertz CT molecular complexity index is 680. The van der Waals surface area contributed by atoms with Crippen LogP contribution in [0.15, 0.2) is 28.0 Å². The highest BCUT2D eigenvalue weighted by atomic mass is 14.8. The Hall–Kier alpha value is -1.77. The second kappa shape index (κ2) is 3.36. The van der Waals surface area contributed by atoms with Gasteiger partial charge >= 0.3 is 0 Å². The van der Waals surface area contributed by atoms with E-state index < -0.39 is 0 Å². The zero-order valence-corrected chi connectivity index (χ0v) is 9.61. The van der Waals surface area contributed by atoms with Crippen molar-refractivity contribution >= 4 is 11.8 Å². The van der Waals surface area contributed by atoms with Crippen LogP contribution in [0.4, 0.5) is 0 Å². The predicted octanol–water partition coefficient (Wildman–Crippen LogP) is 0.713. The molecular formula is C14H13N3. The molecule has 0 amide bonds. The predicted molar refractivity (Wildman–Crippen MR) is 66.5 cm³/mol. The molecule has 1 aliphatic carbocycles. The van der Waals surface area contributed by atoms with Gasteiger partial charge in [-0.25, -0.2) is 4.99 Å². The molecule has 1 aromatic rings. The Kier molecular flexibility index (Phi) is 1.83. The van der Waals surface area contributed by atoms with E-state index in [1.54, 1.807) is 0 Å². The molecule has 0 N–H and O–H groups in total. The number of aryl methyl sites for hydroxylation is 1. The third-order valence-corrected chi connectivity index (χ3v) is 3.78. The number of rotatable bonds is 0. The minimum atomic E-state index is 0.777. The molecule has 0 saturated heterocycles. The van der Waals surface area contributed by atoms with Gasteiger partial charge in [0.1, 0.15) is 0 Å². The number of fused-ring (bicyclic) bond motifs is 4. The molecule has 0 fully saturated rings. The van der Waals surface area contributed by atoms with Crippen LogP contribution in [0.1, 0.15) is 24.1 Å². The molecule has 84 valence electrons. The number of hydrogen-bond acceptors (Lipinski definition) is 3. The van der Waals surface area contributed by atoms with E-state index in [1.165, 1.54) is 34.9 Å². The average Bonchev–Trinajstić information content (AvgIpc) is 2.77. The highest BCUT2D eigenvalue weighted by Gasteiger charge is 2.20. The van der Waals surface area contributed by atoms with Gasteiger partial charge in [-0.05, 0) is 37.3 Å². The van der Waals surface area contributed by atoms with Crippen molar-refractivity contribution in [3.63, 3.8) is 0 Å². The van der Waals surface area contributed by atoms with Crippen molar-refractivity contribution < 1.29 is 0 Å². The van der Waals surface area contributed by atoms with Gasteiger partial charge in [-0.1, -0.05) is 0 Å². The molecule has 4 rings (SSSR count). The van der Waals surface area contributed by atoms with Crippen molar-refractivity contribution in [3.8, 4) is 0 Å². The summed E-state index contributed by atoms with van der Waals surface area (Å²) in [4.78, 5) is 13.6. The van der Waals surface area contributed by atoms with Crippen LogP contribution in [0.3, 0.4) is 0 Å². The van der Waals surface area contributed by atoms with Gasteiger partial charge in [-0.3, -0.25) is 9.98 Å². The smallest absolute Gasteiger partial charge is 0.0899 e. The van der Waals surface area contributed by atoms with Gasteiger partial charge in [-0.15, -0.1) is 0 Å². The lowest BCUT2D eigenvalue weighted by atomic mass is 9.92. The second-order valence-corrected chi connectivity index (χ2v) is 4.78. The van der Waals surface area contributed by atoms with Crippen molar-refractivity contribution in [1.82, 2.24) is 4.98 Å². The molecule has 0 spiro atoms. The molecule has 3 nitrogen and oxygen atoms in total. The van der Waals surface area contributed by atoms with Gasteiger partial charge in [0.15, 0.2) is 0 Å². The highest BCUT2D eigenvalue weighted by Crippen LogP contribution is 2.21. The van der Waals surface area contributed by atoms with Crippen molar-refractivity contribution in [3.05, 3.63) is 39.8 Å². The molecule has 1 aromatic heterocycles. The van der Waals surface area contributed by atoms with Crippen LogP contribution >= 0.6 is 0 Å². The summed E-state index contributed by atoms with van der Waals surface area (Å²) in [5.74, 6) is 0. The molecule has 3 aliphatic rings. The third kappa shape index (κ3) is 1.25. The zero-order chi connectivity index (χ0) is 11.2. The number of hydrogen-bond donors (Lipinski definition) is 0. The summed E-state index contributed by atoms with van der Waals surface area (Å²) in [5.41, 5.74) is 5.13. The van der Waals surface area contributed by atoms with Crippen LogP contribution in [0.5, 0.6) is 0 Å². The number of allylic oxidation sites excluding steroid dienone is 1. The van der Waals surface area contributed by atoms with Crippen molar-refractivity contribution in [2.45, 2.75) is 25.7 Å². The van der Waals surface area contributed by atoms with Gasteiger partial charge in [0.2, 0.25) is 0 Å². The number of pyridine rings is 1. The maximum Gasteiger partial charge on any atom is 0.0899 e. The normalized spacial score (nSPS) is 20.2. The minimum absolute atomic E-state index is 0.777. The van der Waals surface area contributed by atoms with Crippen LogP contribution in [-0.4, -0.2) is 17.7 Å². The number of nitrogens with zero attached hydrogens (tertiary/aromatic N) is 3. The van der Waals surface area contributed by atoms with Gasteiger partial charge < -0.3 is 0 Å². The zero-order valence-electron chi connectivity index (χ0n) is 9.61. The van der Waals surface area contributed by atoms with Crippen molar-refractivity contribution in [1.29, 1.82) is 0 Å². The van der Waals surface area contributed by atoms with Gasteiger partial charge in [0.25, 0.3) is 0 Å². The second-order valence-electron chi connectivity index (χ2n) is 4.78. The summed E-state index contributed by atoms with van der Waals surface area (Å²) in [7, 11) is 0. The Balaban J connectivity index is 2.11. The molecule has 3 heterocycles. The van der Waals surface area contributed by atoms with E-state index >= 15 is 0 Å². The first-order valence-corrected chi connectivity index (χ1v) is 6.22. The first-order chi connectivity index (χ1) is 8.43. The Labute approximate surface area is 99.3 Å². The fourth-order valence-electron chi connectivity index (χ4n) is 2.97. The van der Waals surface area contributed by atoms with Crippen molar-refractivity contribution in [2.75, 3.05) is 6.54 Å². The quantitative estimate of drug-likeness (QED) is 0.638. The van der Waals surface area contributed by atoms with Crippen LogP contribution in [0, 0.1) is 0 Å². The number of dihydropyridines is 1. The van der Waals surface area contributed by atoms with E-state index in [0.717, 1.165) is 30.4 Å². The standard InChI is InChI=1S/C14H13N3/c1-2-4-11-9(3-1)14-10-7-15-6-5-12(10)17-13(14)8-16-11/h5-6,8H,1-4,7H2. The SMILES string of the molecule is C1=NCC2=c3c4c(ncc3=NC2=C1)CCCC4. The van der Waals surface area contributed by atoms with Crippen LogP contribution in [-0.2, 0) is 12.8 Å². The molecule has 3 heteroatoms. The van der Waals surface area contributed by atoms with Gasteiger partial charge in [0, 0.05) is 22.7 Å². The Morgan fingerprint density at radius 2 is 2.06 bits per heavy atom. The third-order valence-electron chi connectivity index (χ3n) is 3.78. The monoisotopic (exact) mass is 223 g/mol. The van der Waals surface area contributed by atoms with Crippen LogP contribution in [0.2, 0.25) is 0 Å². The Morgan fingerprint density at radius 3 is 3.06 bits per heavy atom. The molecule has 0 unspecified atom stereocenters. The van der Waals surface area contributed by atoms with E-state index in [9.17, 15) is 0 Å². The first-order valence-electron chi connectivity index (χ1n) is 6.22. The summed E-state index contributed by atoms with van der Waals surface area (Å²) in [5, 5.41) is 2.40. The van der Waals surface area contributed by atoms with Gasteiger partial charge in [0.05, 0.1) is 23.8 Å². The lowest BCUT2D eigenvalue weighted by molar-refractivity contribution is 0.662. The molecule has 0 atom stereocenters. The van der Waals surface area contributed by atoms with E-state index in [0.29, 0.717) is 0 Å². The van der Waals surface area contributed by atoms with E-state index in [1.807, 2.05) is 18.5 Å². The summed E-state index contributed by atoms with van der Waals surface area (Å²) in [6, 6.07) is 0. The Morgan fingerprint density at radius 1 is 1.12 bits per heavy atom. The lowest BCUT2D eigenvalue weighted by Crippen LogP contribution is -2.32. The summed E-state index contributed by atoms with van der Waals surface area (Å²) in [6.45, 7) is 0.777. The highest BCUT2D eigenvalue weighted by molar-refractivity contribution is 5.84. The largest absolute Gasteiger partial charge is 0.288 e. The first kappa shape index (κ1) is 9.28. The number of aliphatic imine (C=N–C) groups is 1. The van der Waals surface area contributed by atoms with Crippen LogP contribution in [0.25, 0.3) is 5.57 Å². The fraction of sp³-hybridized carbons (Fsp3) is 0.357. The molecule has 2 aliphatic heterocycles. The maximum atomic E-state index is 4.65. The molecule has 17 heavy (non-hydrogen) atoms. The topological polar surface area (TPSA) is 37.6 Å². The minimum Gasteiger partial charge on any atom is -0.288 e.